The first-order valence-corrected chi connectivity index (χ1v) is 12.0. The summed E-state index contributed by atoms with van der Waals surface area (Å²) in [7, 11) is 0. The van der Waals surface area contributed by atoms with Crippen molar-refractivity contribution in [1.29, 1.82) is 0 Å². The molecule has 8 heteroatoms. The summed E-state index contributed by atoms with van der Waals surface area (Å²) in [6.07, 6.45) is 1.82. The molecule has 1 fully saturated rings. The van der Waals surface area contributed by atoms with Gasteiger partial charge < -0.3 is 18.9 Å². The molecule has 0 radical (unpaired) electrons. The SMILES string of the molecule is CCOc1cc(/C=C2/SC(=S)N(c3ccc4c(c3)OCO4)C2=O)ccc1OCc1ccccc1. The first-order chi connectivity index (χ1) is 16.6. The van der Waals surface area contributed by atoms with Crippen LogP contribution in [0.4, 0.5) is 5.69 Å². The summed E-state index contributed by atoms with van der Waals surface area (Å²) in [5, 5.41) is 0. The predicted octanol–water partition coefficient (Wildman–Crippen LogP) is 5.80. The number of amides is 1. The second kappa shape index (κ2) is 9.79. The van der Waals surface area contributed by atoms with Crippen molar-refractivity contribution in [1.82, 2.24) is 0 Å². The van der Waals surface area contributed by atoms with Crippen molar-refractivity contribution in [2.45, 2.75) is 13.5 Å². The second-order valence-electron chi connectivity index (χ2n) is 7.47. The third-order valence-electron chi connectivity index (χ3n) is 5.21. The highest BCUT2D eigenvalue weighted by molar-refractivity contribution is 8.27. The van der Waals surface area contributed by atoms with Crippen molar-refractivity contribution in [3.05, 3.63) is 82.8 Å². The van der Waals surface area contributed by atoms with Crippen LogP contribution in [-0.4, -0.2) is 23.6 Å². The lowest BCUT2D eigenvalue weighted by molar-refractivity contribution is -0.113. The highest BCUT2D eigenvalue weighted by atomic mass is 32.2. The molecule has 3 aromatic carbocycles. The topological polar surface area (TPSA) is 57.2 Å². The van der Waals surface area contributed by atoms with Crippen LogP contribution in [0.15, 0.2) is 71.6 Å². The minimum atomic E-state index is -0.184. The molecule has 0 N–H and O–H groups in total. The van der Waals surface area contributed by atoms with Gasteiger partial charge in [0.15, 0.2) is 27.3 Å². The molecule has 1 amide bonds. The molecular weight excluding hydrogens is 470 g/mol. The van der Waals surface area contributed by atoms with E-state index in [0.29, 0.717) is 51.1 Å². The number of thioether (sulfide) groups is 1. The third-order valence-corrected chi connectivity index (χ3v) is 6.51. The summed E-state index contributed by atoms with van der Waals surface area (Å²) >= 11 is 6.76. The summed E-state index contributed by atoms with van der Waals surface area (Å²) in [6.45, 7) is 3.03. The molecule has 0 saturated carbocycles. The predicted molar refractivity (Wildman–Crippen MR) is 137 cm³/mol. The van der Waals surface area contributed by atoms with Crippen molar-refractivity contribution < 1.29 is 23.7 Å². The maximum atomic E-state index is 13.2. The summed E-state index contributed by atoms with van der Waals surface area (Å²) in [4.78, 5) is 15.2. The van der Waals surface area contributed by atoms with Gasteiger partial charge in [0.1, 0.15) is 6.61 Å². The van der Waals surface area contributed by atoms with Gasteiger partial charge in [-0.1, -0.05) is 60.4 Å². The molecule has 0 unspecified atom stereocenters. The molecule has 2 aliphatic heterocycles. The normalized spacial score (nSPS) is 15.8. The van der Waals surface area contributed by atoms with E-state index < -0.39 is 0 Å². The Balaban J connectivity index is 1.36. The standard InChI is InChI=1S/C26H21NO5S2/c1-2-29-22-12-18(8-10-20(22)30-15-17-6-4-3-5-7-17)13-24-25(28)27(26(33)34-24)19-9-11-21-23(14-19)32-16-31-21/h3-14H,2,15-16H2,1H3/b24-13+. The van der Waals surface area contributed by atoms with Crippen LogP contribution in [0.3, 0.4) is 0 Å². The Hall–Kier alpha value is -3.49. The lowest BCUT2D eigenvalue weighted by Crippen LogP contribution is -2.27. The minimum Gasteiger partial charge on any atom is -0.490 e. The van der Waals surface area contributed by atoms with E-state index in [1.165, 1.54) is 16.7 Å². The number of ether oxygens (including phenoxy) is 4. The number of anilines is 1. The summed E-state index contributed by atoms with van der Waals surface area (Å²) in [5.74, 6) is 2.34. The molecule has 34 heavy (non-hydrogen) atoms. The number of carbonyl (C=O) groups excluding carboxylic acids is 1. The molecule has 0 atom stereocenters. The van der Waals surface area contributed by atoms with E-state index in [9.17, 15) is 4.79 Å². The molecule has 2 aliphatic rings. The van der Waals surface area contributed by atoms with Gasteiger partial charge in [0, 0.05) is 6.07 Å². The first kappa shape index (κ1) is 22.3. The van der Waals surface area contributed by atoms with Crippen molar-refractivity contribution in [3.63, 3.8) is 0 Å². The zero-order valence-electron chi connectivity index (χ0n) is 18.4. The Morgan fingerprint density at radius 1 is 1.00 bits per heavy atom. The molecule has 5 rings (SSSR count). The van der Waals surface area contributed by atoms with Gasteiger partial charge in [-0.3, -0.25) is 9.69 Å². The molecular formula is C26H21NO5S2. The Kier molecular flexibility index (Phi) is 6.42. The average Bonchev–Trinajstić information content (AvgIpc) is 3.42. The van der Waals surface area contributed by atoms with Gasteiger partial charge in [-0.15, -0.1) is 0 Å². The Labute approximate surface area is 207 Å². The highest BCUT2D eigenvalue weighted by Gasteiger charge is 2.34. The molecule has 0 aromatic heterocycles. The minimum absolute atomic E-state index is 0.171. The number of rotatable bonds is 7. The van der Waals surface area contributed by atoms with Crippen molar-refractivity contribution in [2.75, 3.05) is 18.3 Å². The van der Waals surface area contributed by atoms with E-state index >= 15 is 0 Å². The smallest absolute Gasteiger partial charge is 0.270 e. The van der Waals surface area contributed by atoms with Gasteiger partial charge in [0.2, 0.25) is 6.79 Å². The molecule has 6 nitrogen and oxygen atoms in total. The molecule has 1 saturated heterocycles. The number of thiocarbonyl (C=S) groups is 1. The van der Waals surface area contributed by atoms with Crippen molar-refractivity contribution in [2.24, 2.45) is 0 Å². The lowest BCUT2D eigenvalue weighted by Gasteiger charge is -2.15. The number of fused-ring (bicyclic) bond motifs is 1. The summed E-state index contributed by atoms with van der Waals surface area (Å²) in [6, 6.07) is 20.9. The van der Waals surface area contributed by atoms with Crippen LogP contribution in [-0.2, 0) is 11.4 Å². The van der Waals surface area contributed by atoms with Gasteiger partial charge in [-0.2, -0.15) is 0 Å². The monoisotopic (exact) mass is 491 g/mol. The zero-order chi connectivity index (χ0) is 23.5. The van der Waals surface area contributed by atoms with Crippen molar-refractivity contribution in [3.8, 4) is 23.0 Å². The third kappa shape index (κ3) is 4.60. The van der Waals surface area contributed by atoms with Gasteiger partial charge >= 0.3 is 0 Å². The Bertz CT molecular complexity index is 1280. The fourth-order valence-electron chi connectivity index (χ4n) is 3.60. The van der Waals surface area contributed by atoms with Gasteiger partial charge in [-0.25, -0.2) is 0 Å². The quantitative estimate of drug-likeness (QED) is 0.306. The first-order valence-electron chi connectivity index (χ1n) is 10.7. The van der Waals surface area contributed by atoms with E-state index in [2.05, 4.69) is 0 Å². The molecule has 0 spiro atoms. The Morgan fingerprint density at radius 3 is 2.65 bits per heavy atom. The van der Waals surface area contributed by atoms with Gasteiger partial charge in [-0.05, 0) is 48.4 Å². The molecule has 2 heterocycles. The maximum Gasteiger partial charge on any atom is 0.270 e. The van der Waals surface area contributed by atoms with Crippen LogP contribution in [0.2, 0.25) is 0 Å². The van der Waals surface area contributed by atoms with Crippen LogP contribution in [0, 0.1) is 0 Å². The fraction of sp³-hybridized carbons (Fsp3) is 0.154. The molecule has 3 aromatic rings. The molecule has 172 valence electrons. The second-order valence-corrected chi connectivity index (χ2v) is 9.14. The summed E-state index contributed by atoms with van der Waals surface area (Å²) < 4.78 is 23.0. The maximum absolute atomic E-state index is 13.2. The number of benzene rings is 3. The van der Waals surface area contributed by atoms with Crippen LogP contribution < -0.4 is 23.8 Å². The fourth-order valence-corrected chi connectivity index (χ4v) is 4.90. The summed E-state index contributed by atoms with van der Waals surface area (Å²) in [5.41, 5.74) is 2.54. The molecule has 0 aliphatic carbocycles. The van der Waals surface area contributed by atoms with E-state index in [1.54, 1.807) is 18.2 Å². The van der Waals surface area contributed by atoms with Crippen molar-refractivity contribution >= 4 is 46.0 Å². The van der Waals surface area contributed by atoms with Gasteiger partial charge in [0.05, 0.1) is 17.2 Å². The average molecular weight is 492 g/mol. The van der Waals surface area contributed by atoms with E-state index in [1.807, 2.05) is 61.5 Å². The molecule has 0 bridgehead atoms. The van der Waals surface area contributed by atoms with Gasteiger partial charge in [0.25, 0.3) is 5.91 Å². The number of nitrogens with zero attached hydrogens (tertiary/aromatic N) is 1. The highest BCUT2D eigenvalue weighted by Crippen LogP contribution is 2.41. The largest absolute Gasteiger partial charge is 0.490 e. The van der Waals surface area contributed by atoms with E-state index in [4.69, 9.17) is 31.2 Å². The van der Waals surface area contributed by atoms with E-state index in [-0.39, 0.29) is 12.7 Å². The van der Waals surface area contributed by atoms with Crippen LogP contribution >= 0.6 is 24.0 Å². The van der Waals surface area contributed by atoms with Crippen LogP contribution in [0.5, 0.6) is 23.0 Å². The van der Waals surface area contributed by atoms with Crippen LogP contribution in [0.1, 0.15) is 18.1 Å². The van der Waals surface area contributed by atoms with E-state index in [0.717, 1.165) is 11.1 Å². The number of hydrogen-bond donors (Lipinski definition) is 0. The zero-order valence-corrected chi connectivity index (χ0v) is 20.0. The Morgan fingerprint density at radius 2 is 1.82 bits per heavy atom. The number of hydrogen-bond acceptors (Lipinski definition) is 7. The van der Waals surface area contributed by atoms with Crippen LogP contribution in [0.25, 0.3) is 6.08 Å². The lowest BCUT2D eigenvalue weighted by atomic mass is 10.1. The number of carbonyl (C=O) groups is 1.